The lowest BCUT2D eigenvalue weighted by Crippen LogP contribution is -2.37. The molecule has 0 aliphatic heterocycles. The first-order valence-electron chi connectivity index (χ1n) is 8.40. The van der Waals surface area contributed by atoms with Crippen LogP contribution in [0.15, 0.2) is 34.8 Å². The molecule has 0 aliphatic carbocycles. The number of aromatic amines is 1. The van der Waals surface area contributed by atoms with Gasteiger partial charge in [-0.15, -0.1) is 35.3 Å². The van der Waals surface area contributed by atoms with Crippen molar-refractivity contribution in [2.24, 2.45) is 4.99 Å². The number of fused-ring (bicyclic) bond motifs is 1. The van der Waals surface area contributed by atoms with E-state index in [4.69, 9.17) is 0 Å². The third-order valence-corrected chi connectivity index (χ3v) is 5.00. The van der Waals surface area contributed by atoms with Crippen LogP contribution < -0.4 is 10.6 Å². The number of alkyl halides is 3. The lowest BCUT2D eigenvalue weighted by atomic mass is 10.1. The van der Waals surface area contributed by atoms with Gasteiger partial charge in [-0.3, -0.25) is 4.99 Å². The summed E-state index contributed by atoms with van der Waals surface area (Å²) in [4.78, 5) is 11.0. The number of thiazole rings is 1. The maximum atomic E-state index is 12.6. The molecule has 0 spiro atoms. The van der Waals surface area contributed by atoms with Gasteiger partial charge in [-0.05, 0) is 30.5 Å². The number of halogens is 4. The van der Waals surface area contributed by atoms with E-state index in [1.54, 1.807) is 7.05 Å². The predicted molar refractivity (Wildman–Crippen MR) is 117 cm³/mol. The highest BCUT2D eigenvalue weighted by Gasteiger charge is 2.33. The smallest absolute Gasteiger partial charge is 0.361 e. The van der Waals surface area contributed by atoms with Gasteiger partial charge in [-0.2, -0.15) is 13.2 Å². The van der Waals surface area contributed by atoms with Gasteiger partial charge in [-0.1, -0.05) is 12.1 Å². The van der Waals surface area contributed by atoms with Crippen molar-refractivity contribution in [1.29, 1.82) is 0 Å². The number of guanidine groups is 1. The van der Waals surface area contributed by atoms with Gasteiger partial charge in [0.1, 0.15) is 5.01 Å². The molecule has 0 radical (unpaired) electrons. The minimum Gasteiger partial charge on any atom is -0.361 e. The number of hydrogen-bond donors (Lipinski definition) is 3. The van der Waals surface area contributed by atoms with E-state index < -0.39 is 11.9 Å². The molecular formula is C18H21F3IN5S. The Morgan fingerprint density at radius 1 is 1.29 bits per heavy atom. The Balaban J connectivity index is 0.00000280. The molecule has 0 amide bonds. The fraction of sp³-hybridized carbons (Fsp3) is 0.333. The number of aromatic nitrogens is 2. The topological polar surface area (TPSA) is 65.1 Å². The molecule has 0 fully saturated rings. The molecule has 1 aromatic carbocycles. The lowest BCUT2D eigenvalue weighted by Gasteiger charge is -2.11. The van der Waals surface area contributed by atoms with Gasteiger partial charge in [0.25, 0.3) is 0 Å². The van der Waals surface area contributed by atoms with Crippen LogP contribution >= 0.6 is 35.3 Å². The fourth-order valence-electron chi connectivity index (χ4n) is 2.87. The average molecular weight is 523 g/mol. The Bertz CT molecular complexity index is 948. The Labute approximate surface area is 181 Å². The number of H-pyrrole nitrogens is 1. The van der Waals surface area contributed by atoms with E-state index in [0.29, 0.717) is 17.5 Å². The van der Waals surface area contributed by atoms with E-state index in [-0.39, 0.29) is 30.5 Å². The minimum absolute atomic E-state index is 0. The molecule has 0 saturated heterocycles. The van der Waals surface area contributed by atoms with Crippen molar-refractivity contribution < 1.29 is 13.2 Å². The number of benzene rings is 1. The summed E-state index contributed by atoms with van der Waals surface area (Å²) in [5, 5.41) is 8.78. The van der Waals surface area contributed by atoms with Crippen LogP contribution in [0.2, 0.25) is 0 Å². The Morgan fingerprint density at radius 3 is 2.75 bits per heavy atom. The Morgan fingerprint density at radius 2 is 2.07 bits per heavy atom. The summed E-state index contributed by atoms with van der Waals surface area (Å²) < 4.78 is 37.8. The maximum Gasteiger partial charge on any atom is 0.434 e. The zero-order valence-electron chi connectivity index (χ0n) is 15.4. The first kappa shape index (κ1) is 22.5. The summed E-state index contributed by atoms with van der Waals surface area (Å²) in [6.07, 6.45) is -1.61. The van der Waals surface area contributed by atoms with Crippen molar-refractivity contribution in [3.63, 3.8) is 0 Å². The highest BCUT2D eigenvalue weighted by atomic mass is 127. The first-order valence-corrected chi connectivity index (χ1v) is 9.28. The van der Waals surface area contributed by atoms with Crippen molar-refractivity contribution in [2.45, 2.75) is 26.1 Å². The summed E-state index contributed by atoms with van der Waals surface area (Å²) in [5.41, 5.74) is 2.68. The van der Waals surface area contributed by atoms with Crippen molar-refractivity contribution in [3.8, 4) is 0 Å². The van der Waals surface area contributed by atoms with E-state index in [9.17, 15) is 13.2 Å². The van der Waals surface area contributed by atoms with Gasteiger partial charge < -0.3 is 15.6 Å². The maximum absolute atomic E-state index is 12.6. The molecule has 28 heavy (non-hydrogen) atoms. The number of hydrogen-bond acceptors (Lipinski definition) is 3. The van der Waals surface area contributed by atoms with Crippen LogP contribution in [-0.2, 0) is 19.1 Å². The number of aliphatic imine (C=N–C) groups is 1. The summed E-state index contributed by atoms with van der Waals surface area (Å²) >= 11 is 0.973. The van der Waals surface area contributed by atoms with E-state index in [1.165, 1.54) is 16.5 Å². The van der Waals surface area contributed by atoms with Gasteiger partial charge in [0.05, 0.1) is 6.54 Å². The molecule has 0 unspecified atom stereocenters. The number of nitrogens with zero attached hydrogens (tertiary/aromatic N) is 2. The quantitative estimate of drug-likeness (QED) is 0.263. The van der Waals surface area contributed by atoms with Crippen molar-refractivity contribution in [2.75, 3.05) is 13.6 Å². The second kappa shape index (κ2) is 9.59. The summed E-state index contributed by atoms with van der Waals surface area (Å²) in [5.74, 6) is 0.523. The van der Waals surface area contributed by atoms with Crippen molar-refractivity contribution in [1.82, 2.24) is 20.6 Å². The highest BCUT2D eigenvalue weighted by molar-refractivity contribution is 14.0. The number of rotatable bonds is 5. The van der Waals surface area contributed by atoms with Crippen LogP contribution in [0, 0.1) is 6.92 Å². The van der Waals surface area contributed by atoms with E-state index in [0.717, 1.165) is 28.7 Å². The SMILES string of the molecule is CN=C(NCCc1c[nH]c2cccc(C)c12)NCc1nc(C(F)(F)F)cs1.I. The van der Waals surface area contributed by atoms with Crippen molar-refractivity contribution in [3.05, 3.63) is 51.6 Å². The van der Waals surface area contributed by atoms with Gasteiger partial charge in [0.2, 0.25) is 0 Å². The Hall–Kier alpha value is -1.82. The molecule has 0 atom stereocenters. The lowest BCUT2D eigenvalue weighted by molar-refractivity contribution is -0.140. The minimum atomic E-state index is -4.41. The molecule has 152 valence electrons. The predicted octanol–water partition coefficient (Wildman–Crippen LogP) is 4.48. The van der Waals surface area contributed by atoms with Gasteiger partial charge in [-0.25, -0.2) is 4.98 Å². The molecule has 3 rings (SSSR count). The largest absolute Gasteiger partial charge is 0.434 e. The van der Waals surface area contributed by atoms with E-state index in [2.05, 4.69) is 38.6 Å². The van der Waals surface area contributed by atoms with E-state index in [1.807, 2.05) is 18.3 Å². The van der Waals surface area contributed by atoms with Gasteiger partial charge in [0, 0.05) is 36.1 Å². The Kier molecular flexibility index (Phi) is 7.70. The van der Waals surface area contributed by atoms with Crippen LogP contribution in [0.3, 0.4) is 0 Å². The van der Waals surface area contributed by atoms with Crippen LogP contribution in [-0.4, -0.2) is 29.5 Å². The normalized spacial score (nSPS) is 12.1. The number of nitrogens with one attached hydrogen (secondary N) is 3. The molecule has 0 bridgehead atoms. The number of aryl methyl sites for hydroxylation is 1. The van der Waals surface area contributed by atoms with Gasteiger partial charge >= 0.3 is 6.18 Å². The van der Waals surface area contributed by atoms with Crippen molar-refractivity contribution >= 4 is 52.2 Å². The van der Waals surface area contributed by atoms with Crippen LogP contribution in [0.1, 0.15) is 21.8 Å². The summed E-state index contributed by atoms with van der Waals surface area (Å²) in [7, 11) is 1.62. The molecular weight excluding hydrogens is 502 g/mol. The standard InChI is InChI=1S/C18H20F3N5S.HI/c1-11-4-3-5-13-16(11)12(8-24-13)6-7-23-17(22-2)25-9-15-26-14(10-27-15)18(19,20)21;/h3-5,8,10,24H,6-7,9H2,1-2H3,(H2,22,23,25);1H. The second-order valence-electron chi connectivity index (χ2n) is 6.04. The third kappa shape index (κ3) is 5.37. The molecule has 3 N–H and O–H groups in total. The van der Waals surface area contributed by atoms with Crippen LogP contribution in [0.25, 0.3) is 10.9 Å². The molecule has 0 aliphatic rings. The van der Waals surface area contributed by atoms with E-state index >= 15 is 0 Å². The average Bonchev–Trinajstić information content (AvgIpc) is 3.25. The molecule has 5 nitrogen and oxygen atoms in total. The van der Waals surface area contributed by atoms with Crippen LogP contribution in [0.5, 0.6) is 0 Å². The first-order chi connectivity index (χ1) is 12.9. The second-order valence-corrected chi connectivity index (χ2v) is 6.98. The molecule has 10 heteroatoms. The zero-order valence-corrected chi connectivity index (χ0v) is 18.5. The third-order valence-electron chi connectivity index (χ3n) is 4.16. The van der Waals surface area contributed by atoms with Gasteiger partial charge in [0.15, 0.2) is 11.7 Å². The zero-order chi connectivity index (χ0) is 19.4. The summed E-state index contributed by atoms with van der Waals surface area (Å²) in [6, 6.07) is 6.14. The fourth-order valence-corrected chi connectivity index (χ4v) is 3.61. The molecule has 3 aromatic rings. The summed E-state index contributed by atoms with van der Waals surface area (Å²) in [6.45, 7) is 2.91. The van der Waals surface area contributed by atoms with Crippen LogP contribution in [0.4, 0.5) is 13.2 Å². The molecule has 0 saturated carbocycles. The molecule has 2 heterocycles. The monoisotopic (exact) mass is 523 g/mol. The molecule has 2 aromatic heterocycles. The highest BCUT2D eigenvalue weighted by Crippen LogP contribution is 2.29.